The quantitative estimate of drug-likeness (QED) is 0.154. The van der Waals surface area contributed by atoms with E-state index >= 15 is 0 Å². The Balaban J connectivity index is 3.73. The van der Waals surface area contributed by atoms with Crippen LogP contribution in [0.4, 0.5) is 0 Å². The van der Waals surface area contributed by atoms with E-state index in [1.54, 1.807) is 0 Å². The van der Waals surface area contributed by atoms with Gasteiger partial charge in [0.05, 0.1) is 6.61 Å². The summed E-state index contributed by atoms with van der Waals surface area (Å²) in [5.41, 5.74) is 0. The lowest BCUT2D eigenvalue weighted by molar-refractivity contribution is -0.161. The summed E-state index contributed by atoms with van der Waals surface area (Å²) in [7, 11) is 0. The van der Waals surface area contributed by atoms with Crippen molar-refractivity contribution in [2.75, 3.05) is 13.2 Å². The number of hydrogen-bond acceptors (Lipinski definition) is 5. The van der Waals surface area contributed by atoms with Gasteiger partial charge in [0.1, 0.15) is 6.61 Å². The lowest BCUT2D eigenvalue weighted by Gasteiger charge is -2.15. The third kappa shape index (κ3) is 20.9. The maximum atomic E-state index is 11.9. The van der Waals surface area contributed by atoms with Gasteiger partial charge in [-0.3, -0.25) is 9.59 Å². The fraction of sp³-hybridized carbons (Fsp3) is 0.615. The molecular weight excluding hydrogens is 392 g/mol. The van der Waals surface area contributed by atoms with Gasteiger partial charge in [0.25, 0.3) is 0 Å². The summed E-state index contributed by atoms with van der Waals surface area (Å²) in [5, 5.41) is 9.28. The third-order valence-electron chi connectivity index (χ3n) is 4.39. The van der Waals surface area contributed by atoms with Gasteiger partial charge in [-0.15, -0.1) is 0 Å². The van der Waals surface area contributed by atoms with E-state index in [1.165, 1.54) is 0 Å². The summed E-state index contributed by atoms with van der Waals surface area (Å²) in [6, 6.07) is 0. The van der Waals surface area contributed by atoms with E-state index in [9.17, 15) is 14.7 Å². The summed E-state index contributed by atoms with van der Waals surface area (Å²) in [5.74, 6) is -0.692. The van der Waals surface area contributed by atoms with Crippen molar-refractivity contribution in [3.63, 3.8) is 0 Å². The maximum Gasteiger partial charge on any atom is 0.306 e. The zero-order valence-corrected chi connectivity index (χ0v) is 19.5. The first-order valence-electron chi connectivity index (χ1n) is 11.7. The molecule has 0 fully saturated rings. The average molecular weight is 435 g/mol. The molecule has 0 aromatic heterocycles. The van der Waals surface area contributed by atoms with Crippen molar-refractivity contribution in [1.82, 2.24) is 0 Å². The van der Waals surface area contributed by atoms with Crippen molar-refractivity contribution < 1.29 is 24.2 Å². The Labute approximate surface area is 188 Å². The topological polar surface area (TPSA) is 72.8 Å². The van der Waals surface area contributed by atoms with Gasteiger partial charge in [-0.05, 0) is 51.4 Å². The molecule has 0 saturated heterocycles. The highest BCUT2D eigenvalue weighted by molar-refractivity contribution is 5.70. The molecule has 0 bridgehead atoms. The van der Waals surface area contributed by atoms with Gasteiger partial charge in [0, 0.05) is 12.8 Å². The Bertz CT molecular complexity index is 560. The molecule has 0 aromatic rings. The number of carbonyl (C=O) groups is 2. The second-order valence-corrected chi connectivity index (χ2v) is 7.33. The Hall–Kier alpha value is -2.14. The van der Waals surface area contributed by atoms with Crippen LogP contribution >= 0.6 is 0 Å². The standard InChI is InChI=1S/C26H42O5/c1-3-5-7-8-9-10-11-12-13-14-15-16-17-18-19-21-26(29)31-24(22-27)23-30-25(28)20-6-4-2/h5,7,9-10,12-13,15-16,24,27H,3-4,6,8,11,14,17-23H2,1-2H3/b7-5-,10-9-,13-12-,16-15-. The molecular formula is C26H42O5. The van der Waals surface area contributed by atoms with E-state index in [0.717, 1.165) is 57.8 Å². The van der Waals surface area contributed by atoms with Gasteiger partial charge in [-0.1, -0.05) is 68.9 Å². The highest BCUT2D eigenvalue weighted by atomic mass is 16.6. The molecule has 1 N–H and O–H groups in total. The fourth-order valence-corrected chi connectivity index (χ4v) is 2.58. The highest BCUT2D eigenvalue weighted by Crippen LogP contribution is 2.06. The Morgan fingerprint density at radius 1 is 0.774 bits per heavy atom. The lowest BCUT2D eigenvalue weighted by Crippen LogP contribution is -2.28. The number of carbonyl (C=O) groups excluding carboxylic acids is 2. The second kappa shape index (κ2) is 22.5. The van der Waals surface area contributed by atoms with E-state index in [-0.39, 0.29) is 25.2 Å². The first kappa shape index (κ1) is 28.9. The normalized spacial score (nSPS) is 13.0. The molecule has 0 radical (unpaired) electrons. The molecule has 1 unspecified atom stereocenters. The van der Waals surface area contributed by atoms with Gasteiger partial charge in [-0.25, -0.2) is 0 Å². The largest absolute Gasteiger partial charge is 0.462 e. The zero-order valence-electron chi connectivity index (χ0n) is 19.5. The third-order valence-corrected chi connectivity index (χ3v) is 4.39. The SMILES string of the molecule is CC/C=C\C/C=C\C/C=C\C/C=C\CCCCC(=O)OC(CO)COC(=O)CCCC. The van der Waals surface area contributed by atoms with Crippen LogP contribution in [0.5, 0.6) is 0 Å². The monoisotopic (exact) mass is 434 g/mol. The average Bonchev–Trinajstić information content (AvgIpc) is 2.77. The molecule has 0 aliphatic carbocycles. The highest BCUT2D eigenvalue weighted by Gasteiger charge is 2.15. The van der Waals surface area contributed by atoms with E-state index in [2.05, 4.69) is 55.5 Å². The van der Waals surface area contributed by atoms with Crippen LogP contribution in [0.15, 0.2) is 48.6 Å². The molecule has 176 valence electrons. The zero-order chi connectivity index (χ0) is 23.0. The molecule has 0 amide bonds. The Kier molecular flexibility index (Phi) is 21.0. The summed E-state index contributed by atoms with van der Waals surface area (Å²) >= 11 is 0. The molecule has 0 aliphatic heterocycles. The number of hydrogen-bond donors (Lipinski definition) is 1. The molecule has 0 aromatic carbocycles. The fourth-order valence-electron chi connectivity index (χ4n) is 2.58. The molecule has 0 aliphatic rings. The van der Waals surface area contributed by atoms with Crippen molar-refractivity contribution >= 4 is 11.9 Å². The van der Waals surface area contributed by atoms with Gasteiger partial charge < -0.3 is 14.6 Å². The molecule has 5 nitrogen and oxygen atoms in total. The lowest BCUT2D eigenvalue weighted by atomic mass is 10.2. The van der Waals surface area contributed by atoms with Crippen molar-refractivity contribution in [3.05, 3.63) is 48.6 Å². The van der Waals surface area contributed by atoms with Gasteiger partial charge in [0.2, 0.25) is 0 Å². The molecule has 5 heteroatoms. The van der Waals surface area contributed by atoms with Crippen molar-refractivity contribution in [3.8, 4) is 0 Å². The summed E-state index contributed by atoms with van der Waals surface area (Å²) in [6.07, 6.45) is 25.4. The summed E-state index contributed by atoms with van der Waals surface area (Å²) in [4.78, 5) is 23.3. The first-order chi connectivity index (χ1) is 15.1. The van der Waals surface area contributed by atoms with Crippen LogP contribution in [0.3, 0.4) is 0 Å². The van der Waals surface area contributed by atoms with Crippen LogP contribution in [0, 0.1) is 0 Å². The number of unbranched alkanes of at least 4 members (excludes halogenated alkanes) is 3. The van der Waals surface area contributed by atoms with Crippen LogP contribution in [0.25, 0.3) is 0 Å². The van der Waals surface area contributed by atoms with Crippen molar-refractivity contribution in [2.24, 2.45) is 0 Å². The molecule has 0 spiro atoms. The van der Waals surface area contributed by atoms with Gasteiger partial charge in [0.15, 0.2) is 6.10 Å². The summed E-state index contributed by atoms with van der Waals surface area (Å²) < 4.78 is 10.2. The molecule has 1 atom stereocenters. The van der Waals surface area contributed by atoms with Crippen LogP contribution in [0.2, 0.25) is 0 Å². The molecule has 0 rings (SSSR count). The van der Waals surface area contributed by atoms with Crippen LogP contribution in [0.1, 0.15) is 84.5 Å². The Morgan fingerprint density at radius 3 is 1.94 bits per heavy atom. The predicted octanol–water partition coefficient (Wildman–Crippen LogP) is 5.99. The molecule has 0 heterocycles. The van der Waals surface area contributed by atoms with E-state index < -0.39 is 6.10 Å². The minimum absolute atomic E-state index is 0.0905. The van der Waals surface area contributed by atoms with E-state index in [4.69, 9.17) is 9.47 Å². The number of allylic oxidation sites excluding steroid dienone is 8. The van der Waals surface area contributed by atoms with Crippen LogP contribution < -0.4 is 0 Å². The minimum atomic E-state index is -0.785. The number of ether oxygens (including phenoxy) is 2. The maximum absolute atomic E-state index is 11.9. The molecule has 0 saturated carbocycles. The number of aliphatic hydroxyl groups is 1. The first-order valence-corrected chi connectivity index (χ1v) is 11.7. The number of aliphatic hydroxyl groups excluding tert-OH is 1. The number of esters is 2. The summed E-state index contributed by atoms with van der Waals surface area (Å²) in [6.45, 7) is 3.69. The van der Waals surface area contributed by atoms with E-state index in [0.29, 0.717) is 12.8 Å². The van der Waals surface area contributed by atoms with Gasteiger partial charge in [-0.2, -0.15) is 0 Å². The smallest absolute Gasteiger partial charge is 0.306 e. The number of rotatable bonds is 19. The van der Waals surface area contributed by atoms with Crippen molar-refractivity contribution in [1.29, 1.82) is 0 Å². The molecule has 31 heavy (non-hydrogen) atoms. The van der Waals surface area contributed by atoms with Crippen LogP contribution in [-0.4, -0.2) is 36.4 Å². The van der Waals surface area contributed by atoms with Crippen LogP contribution in [-0.2, 0) is 19.1 Å². The predicted molar refractivity (Wildman–Crippen MR) is 127 cm³/mol. The minimum Gasteiger partial charge on any atom is -0.462 e. The second-order valence-electron chi connectivity index (χ2n) is 7.33. The Morgan fingerprint density at radius 2 is 1.35 bits per heavy atom. The van der Waals surface area contributed by atoms with Crippen molar-refractivity contribution in [2.45, 2.75) is 90.6 Å². The van der Waals surface area contributed by atoms with Gasteiger partial charge >= 0.3 is 11.9 Å². The van der Waals surface area contributed by atoms with E-state index in [1.807, 2.05) is 6.92 Å².